The van der Waals surface area contributed by atoms with Gasteiger partial charge in [0.05, 0.1) is 5.92 Å². The van der Waals surface area contributed by atoms with Crippen molar-refractivity contribution in [2.75, 3.05) is 6.54 Å². The van der Waals surface area contributed by atoms with Crippen molar-refractivity contribution in [2.45, 2.75) is 52.5 Å². The van der Waals surface area contributed by atoms with Gasteiger partial charge in [-0.15, -0.1) is 0 Å². The van der Waals surface area contributed by atoms with Gasteiger partial charge in [0.1, 0.15) is 0 Å². The van der Waals surface area contributed by atoms with E-state index in [0.29, 0.717) is 25.3 Å². The third-order valence-electron chi connectivity index (χ3n) is 3.20. The van der Waals surface area contributed by atoms with E-state index < -0.39 is 0 Å². The Bertz CT molecular complexity index is 267. The van der Waals surface area contributed by atoms with E-state index in [9.17, 15) is 9.59 Å². The Morgan fingerprint density at radius 1 is 1.41 bits per heavy atom. The van der Waals surface area contributed by atoms with Gasteiger partial charge in [-0.2, -0.15) is 0 Å². The summed E-state index contributed by atoms with van der Waals surface area (Å²) in [5.41, 5.74) is 0. The highest BCUT2D eigenvalue weighted by Gasteiger charge is 2.25. The number of nitrogens with one attached hydrogen (secondary N) is 2. The quantitative estimate of drug-likeness (QED) is 0.764. The number of rotatable bonds is 5. The maximum Gasteiger partial charge on any atom is 0.225 e. The van der Waals surface area contributed by atoms with Crippen molar-refractivity contribution in [2.24, 2.45) is 11.8 Å². The van der Waals surface area contributed by atoms with Crippen LogP contribution < -0.4 is 10.6 Å². The van der Waals surface area contributed by atoms with Gasteiger partial charge < -0.3 is 10.6 Å². The molecule has 2 atom stereocenters. The summed E-state index contributed by atoms with van der Waals surface area (Å²) in [6.07, 6.45) is 3.29. The van der Waals surface area contributed by atoms with E-state index >= 15 is 0 Å². The van der Waals surface area contributed by atoms with Crippen LogP contribution in [0.15, 0.2) is 0 Å². The monoisotopic (exact) mass is 240 g/mol. The average molecular weight is 240 g/mol. The fourth-order valence-electron chi connectivity index (χ4n) is 1.97. The van der Waals surface area contributed by atoms with Gasteiger partial charge in [-0.05, 0) is 32.1 Å². The van der Waals surface area contributed by atoms with Crippen molar-refractivity contribution in [3.8, 4) is 0 Å². The predicted octanol–water partition coefficient (Wildman–Crippen LogP) is 1.45. The normalized spacial score (nSPS) is 22.1. The molecule has 1 rings (SSSR count). The Morgan fingerprint density at radius 2 is 2.12 bits per heavy atom. The van der Waals surface area contributed by atoms with E-state index in [-0.39, 0.29) is 23.8 Å². The van der Waals surface area contributed by atoms with Crippen LogP contribution in [0.3, 0.4) is 0 Å². The topological polar surface area (TPSA) is 58.2 Å². The molecule has 1 saturated heterocycles. The molecule has 0 aliphatic carbocycles. The van der Waals surface area contributed by atoms with Crippen LogP contribution in [0.4, 0.5) is 0 Å². The van der Waals surface area contributed by atoms with Gasteiger partial charge in [0.2, 0.25) is 11.8 Å². The second-order valence-corrected chi connectivity index (χ2v) is 5.42. The molecule has 4 heteroatoms. The second-order valence-electron chi connectivity index (χ2n) is 5.42. The van der Waals surface area contributed by atoms with Crippen molar-refractivity contribution in [3.63, 3.8) is 0 Å². The lowest BCUT2D eigenvalue weighted by Crippen LogP contribution is -2.45. The molecule has 0 spiro atoms. The van der Waals surface area contributed by atoms with Crippen molar-refractivity contribution in [1.82, 2.24) is 10.6 Å². The number of carbonyl (C=O) groups is 2. The lowest BCUT2D eigenvalue weighted by molar-refractivity contribution is -0.129. The van der Waals surface area contributed by atoms with Crippen molar-refractivity contribution < 1.29 is 9.59 Å². The smallest absolute Gasteiger partial charge is 0.225 e. The van der Waals surface area contributed by atoms with Gasteiger partial charge in [-0.3, -0.25) is 9.59 Å². The molecular weight excluding hydrogens is 216 g/mol. The molecule has 2 unspecified atom stereocenters. The Balaban J connectivity index is 2.26. The molecular formula is C13H24N2O2. The molecule has 1 aliphatic rings. The summed E-state index contributed by atoms with van der Waals surface area (Å²) in [7, 11) is 0. The summed E-state index contributed by atoms with van der Waals surface area (Å²) in [6, 6.07) is 0.225. The van der Waals surface area contributed by atoms with Crippen LogP contribution in [-0.2, 0) is 9.59 Å². The van der Waals surface area contributed by atoms with Crippen molar-refractivity contribution in [3.05, 3.63) is 0 Å². The Morgan fingerprint density at radius 3 is 2.65 bits per heavy atom. The van der Waals surface area contributed by atoms with Gasteiger partial charge in [-0.25, -0.2) is 0 Å². The van der Waals surface area contributed by atoms with Gasteiger partial charge in [0.25, 0.3) is 0 Å². The third kappa shape index (κ3) is 5.20. The highest BCUT2D eigenvalue weighted by atomic mass is 16.2. The van der Waals surface area contributed by atoms with E-state index in [1.54, 1.807) is 0 Å². The van der Waals surface area contributed by atoms with Gasteiger partial charge in [-0.1, -0.05) is 13.8 Å². The Hall–Kier alpha value is -1.06. The van der Waals surface area contributed by atoms with E-state index in [2.05, 4.69) is 24.5 Å². The zero-order valence-corrected chi connectivity index (χ0v) is 11.1. The summed E-state index contributed by atoms with van der Waals surface area (Å²) in [4.78, 5) is 22.9. The first kappa shape index (κ1) is 14.0. The molecule has 0 aromatic carbocycles. The van der Waals surface area contributed by atoms with Crippen LogP contribution in [0.25, 0.3) is 0 Å². The minimum atomic E-state index is -0.0470. The average Bonchev–Trinajstić information content (AvgIpc) is 2.27. The second kappa shape index (κ2) is 6.62. The van der Waals surface area contributed by atoms with Crippen molar-refractivity contribution in [1.29, 1.82) is 0 Å². The molecule has 2 amide bonds. The lowest BCUT2D eigenvalue weighted by Gasteiger charge is -2.24. The third-order valence-corrected chi connectivity index (χ3v) is 3.20. The van der Waals surface area contributed by atoms with Crippen LogP contribution >= 0.6 is 0 Å². The Kier molecular flexibility index (Phi) is 5.45. The van der Waals surface area contributed by atoms with Crippen LogP contribution in [0.1, 0.15) is 46.5 Å². The van der Waals surface area contributed by atoms with Gasteiger partial charge in [0, 0.05) is 19.0 Å². The molecule has 1 heterocycles. The standard InChI is InChI=1S/C13H24N2O2/c1-9(2)4-5-10(3)15-13(17)11-6-7-12(16)14-8-11/h9-11H,4-8H2,1-3H3,(H,14,16)(H,15,17). The van der Waals surface area contributed by atoms with E-state index in [4.69, 9.17) is 0 Å². The van der Waals surface area contributed by atoms with E-state index in [1.807, 2.05) is 6.92 Å². The first-order valence-corrected chi connectivity index (χ1v) is 6.56. The SMILES string of the molecule is CC(C)CCC(C)NC(=O)C1CCC(=O)NC1. The maximum absolute atomic E-state index is 11.9. The fraction of sp³-hybridized carbons (Fsp3) is 0.846. The summed E-state index contributed by atoms with van der Waals surface area (Å²) in [5, 5.41) is 5.77. The Labute approximate surface area is 104 Å². The van der Waals surface area contributed by atoms with Gasteiger partial charge in [0.15, 0.2) is 0 Å². The molecule has 0 aromatic rings. The number of piperidine rings is 1. The minimum absolute atomic E-state index is 0.0470. The molecule has 0 saturated carbocycles. The minimum Gasteiger partial charge on any atom is -0.355 e. The first-order valence-electron chi connectivity index (χ1n) is 6.56. The first-order chi connectivity index (χ1) is 7.99. The number of hydrogen-bond donors (Lipinski definition) is 2. The zero-order chi connectivity index (χ0) is 12.8. The highest BCUT2D eigenvalue weighted by molar-refractivity contribution is 5.83. The highest BCUT2D eigenvalue weighted by Crippen LogP contribution is 2.12. The maximum atomic E-state index is 11.9. The summed E-state index contributed by atoms with van der Waals surface area (Å²) in [5.74, 6) is 0.765. The summed E-state index contributed by atoms with van der Waals surface area (Å²) >= 11 is 0. The number of carbonyl (C=O) groups excluding carboxylic acids is 2. The molecule has 1 aliphatic heterocycles. The molecule has 0 bridgehead atoms. The van der Waals surface area contributed by atoms with Crippen LogP contribution in [-0.4, -0.2) is 24.4 Å². The van der Waals surface area contributed by atoms with Gasteiger partial charge >= 0.3 is 0 Å². The summed E-state index contributed by atoms with van der Waals surface area (Å²) < 4.78 is 0. The lowest BCUT2D eigenvalue weighted by atomic mass is 9.97. The fourth-order valence-corrected chi connectivity index (χ4v) is 1.97. The van der Waals surface area contributed by atoms with Crippen LogP contribution in [0.2, 0.25) is 0 Å². The molecule has 0 radical (unpaired) electrons. The molecule has 2 N–H and O–H groups in total. The largest absolute Gasteiger partial charge is 0.355 e. The van der Waals surface area contributed by atoms with Crippen LogP contribution in [0, 0.1) is 11.8 Å². The molecule has 98 valence electrons. The number of amides is 2. The van der Waals surface area contributed by atoms with E-state index in [0.717, 1.165) is 12.8 Å². The molecule has 1 fully saturated rings. The van der Waals surface area contributed by atoms with Crippen molar-refractivity contribution >= 4 is 11.8 Å². The molecule has 17 heavy (non-hydrogen) atoms. The van der Waals surface area contributed by atoms with E-state index in [1.165, 1.54) is 0 Å². The molecule has 4 nitrogen and oxygen atoms in total. The number of hydrogen-bond acceptors (Lipinski definition) is 2. The zero-order valence-electron chi connectivity index (χ0n) is 11.1. The molecule has 0 aromatic heterocycles. The summed E-state index contributed by atoms with van der Waals surface area (Å²) in [6.45, 7) is 6.90. The van der Waals surface area contributed by atoms with Crippen LogP contribution in [0.5, 0.6) is 0 Å². The predicted molar refractivity (Wildman–Crippen MR) is 67.4 cm³/mol.